The maximum absolute atomic E-state index is 10.3. The van der Waals surface area contributed by atoms with E-state index in [4.69, 9.17) is 12.2 Å². The third-order valence-corrected chi connectivity index (χ3v) is 1.80. The minimum atomic E-state index is 0.0567. The molecule has 72 valence electrons. The van der Waals surface area contributed by atoms with Crippen molar-refractivity contribution in [2.75, 3.05) is 5.32 Å². The maximum Gasteiger partial charge on any atom is 0.222 e. The summed E-state index contributed by atoms with van der Waals surface area (Å²) >= 11 is 4.81. The molecule has 0 aromatic heterocycles. The molecule has 1 aromatic carbocycles. The average molecular weight is 208 g/mol. The van der Waals surface area contributed by atoms with Crippen molar-refractivity contribution in [3.05, 3.63) is 30.3 Å². The molecule has 0 aliphatic heterocycles. The Morgan fingerprint density at radius 1 is 1.21 bits per heavy atom. The Hall–Kier alpha value is -1.75. The highest BCUT2D eigenvalue weighted by molar-refractivity contribution is 7.80. The molecule has 0 spiro atoms. The van der Waals surface area contributed by atoms with Crippen molar-refractivity contribution in [3.63, 3.8) is 0 Å². The summed E-state index contributed by atoms with van der Waals surface area (Å²) in [7, 11) is 0. The Morgan fingerprint density at radius 3 is 2.29 bits per heavy atom. The van der Waals surface area contributed by atoms with Crippen LogP contribution in [0.25, 0.3) is 0 Å². The molecule has 0 atom stereocenters. The molecule has 1 N–H and O–H groups in total. The molecule has 0 bridgehead atoms. The van der Waals surface area contributed by atoms with E-state index in [1.165, 1.54) is 0 Å². The van der Waals surface area contributed by atoms with E-state index in [1.54, 1.807) is 12.1 Å². The van der Waals surface area contributed by atoms with Crippen molar-refractivity contribution < 1.29 is 9.59 Å². The summed E-state index contributed by atoms with van der Waals surface area (Å²) in [6, 6.07) is 9.04. The van der Waals surface area contributed by atoms with Crippen LogP contribution in [0.2, 0.25) is 0 Å². The number of nitrogens with one attached hydrogen (secondary N) is 1. The first-order valence-corrected chi connectivity index (χ1v) is 4.23. The van der Waals surface area contributed by atoms with Gasteiger partial charge in [-0.15, -0.1) is 0 Å². The standard InChI is InChI=1S/C9H8N2O2S/c12-6-11(7-13)9(14)10-8-4-2-1-3-5-8/h1-7H,(H,10,14). The van der Waals surface area contributed by atoms with Gasteiger partial charge in [-0.3, -0.25) is 9.59 Å². The summed E-state index contributed by atoms with van der Waals surface area (Å²) in [4.78, 5) is 21.4. The highest BCUT2D eigenvalue weighted by Gasteiger charge is 2.05. The van der Waals surface area contributed by atoms with Gasteiger partial charge in [-0.1, -0.05) is 18.2 Å². The van der Waals surface area contributed by atoms with E-state index in [0.717, 1.165) is 10.6 Å². The molecule has 5 heteroatoms. The molecule has 1 rings (SSSR count). The Labute approximate surface area is 86.5 Å². The van der Waals surface area contributed by atoms with Crippen molar-refractivity contribution in [2.24, 2.45) is 0 Å². The first kappa shape index (κ1) is 10.3. The second kappa shape index (κ2) is 5.08. The number of rotatable bonds is 3. The van der Waals surface area contributed by atoms with Crippen molar-refractivity contribution in [3.8, 4) is 0 Å². The molecular formula is C9H8N2O2S. The van der Waals surface area contributed by atoms with Crippen LogP contribution in [-0.4, -0.2) is 22.8 Å². The van der Waals surface area contributed by atoms with Crippen molar-refractivity contribution >= 4 is 35.8 Å². The van der Waals surface area contributed by atoms with Gasteiger partial charge in [0.05, 0.1) is 0 Å². The molecule has 0 unspecified atom stereocenters. The number of para-hydroxylation sites is 1. The van der Waals surface area contributed by atoms with Crippen LogP contribution in [0.5, 0.6) is 0 Å². The zero-order valence-corrected chi connectivity index (χ0v) is 8.03. The largest absolute Gasteiger partial charge is 0.332 e. The molecule has 1 aromatic rings. The monoisotopic (exact) mass is 208 g/mol. The van der Waals surface area contributed by atoms with Gasteiger partial charge in [0.1, 0.15) is 0 Å². The van der Waals surface area contributed by atoms with E-state index in [2.05, 4.69) is 5.32 Å². The highest BCUT2D eigenvalue weighted by atomic mass is 32.1. The topological polar surface area (TPSA) is 49.4 Å². The molecule has 0 saturated heterocycles. The predicted molar refractivity (Wildman–Crippen MR) is 56.6 cm³/mol. The SMILES string of the molecule is O=CN(C=O)C(=S)Nc1ccccc1. The van der Waals surface area contributed by atoms with Gasteiger partial charge in [0.2, 0.25) is 12.8 Å². The van der Waals surface area contributed by atoms with Gasteiger partial charge >= 0.3 is 0 Å². The highest BCUT2D eigenvalue weighted by Crippen LogP contribution is 2.05. The predicted octanol–water partition coefficient (Wildman–Crippen LogP) is 0.998. The van der Waals surface area contributed by atoms with E-state index in [9.17, 15) is 9.59 Å². The van der Waals surface area contributed by atoms with Gasteiger partial charge in [0.25, 0.3) is 0 Å². The van der Waals surface area contributed by atoms with Gasteiger partial charge in [-0.05, 0) is 24.4 Å². The summed E-state index contributed by atoms with van der Waals surface area (Å²) in [6.45, 7) is 0. The van der Waals surface area contributed by atoms with Crippen LogP contribution in [-0.2, 0) is 9.59 Å². The van der Waals surface area contributed by atoms with Crippen molar-refractivity contribution in [1.82, 2.24) is 4.90 Å². The van der Waals surface area contributed by atoms with Crippen LogP contribution in [0.4, 0.5) is 5.69 Å². The fourth-order valence-corrected chi connectivity index (χ4v) is 1.03. The van der Waals surface area contributed by atoms with Crippen LogP contribution in [0.3, 0.4) is 0 Å². The molecule has 14 heavy (non-hydrogen) atoms. The average Bonchev–Trinajstić information content (AvgIpc) is 2.21. The molecule has 2 amide bonds. The number of hydrogen-bond acceptors (Lipinski definition) is 3. The number of nitrogens with zero attached hydrogens (tertiary/aromatic N) is 1. The van der Waals surface area contributed by atoms with E-state index >= 15 is 0 Å². The van der Waals surface area contributed by atoms with Crippen molar-refractivity contribution in [2.45, 2.75) is 0 Å². The molecule has 0 radical (unpaired) electrons. The minimum absolute atomic E-state index is 0.0567. The first-order chi connectivity index (χ1) is 6.77. The molecule has 0 fully saturated rings. The summed E-state index contributed by atoms with van der Waals surface area (Å²) in [5.74, 6) is 0. The molecule has 4 nitrogen and oxygen atoms in total. The number of amides is 2. The molecule has 0 saturated carbocycles. The van der Waals surface area contributed by atoms with Crippen LogP contribution >= 0.6 is 12.2 Å². The van der Waals surface area contributed by atoms with Gasteiger partial charge in [0.15, 0.2) is 5.11 Å². The number of thiocarbonyl (C=S) groups is 1. The number of hydrogen-bond donors (Lipinski definition) is 1. The Bertz CT molecular complexity index is 332. The third-order valence-electron chi connectivity index (χ3n) is 1.49. The smallest absolute Gasteiger partial charge is 0.222 e. The van der Waals surface area contributed by atoms with Gasteiger partial charge < -0.3 is 5.32 Å². The zero-order valence-electron chi connectivity index (χ0n) is 7.21. The lowest BCUT2D eigenvalue weighted by atomic mass is 10.3. The molecule has 0 aliphatic carbocycles. The molecule has 0 aliphatic rings. The van der Waals surface area contributed by atoms with Gasteiger partial charge in [0, 0.05) is 5.69 Å². The summed E-state index contributed by atoms with van der Waals surface area (Å²) in [6.07, 6.45) is 0.705. The normalized spacial score (nSPS) is 8.86. The minimum Gasteiger partial charge on any atom is -0.332 e. The van der Waals surface area contributed by atoms with Crippen molar-refractivity contribution in [1.29, 1.82) is 0 Å². The Morgan fingerprint density at radius 2 is 1.79 bits per heavy atom. The van der Waals surface area contributed by atoms with E-state index < -0.39 is 0 Å². The number of benzene rings is 1. The maximum atomic E-state index is 10.3. The fraction of sp³-hybridized carbons (Fsp3) is 0. The van der Waals surface area contributed by atoms with Crippen LogP contribution < -0.4 is 5.32 Å². The van der Waals surface area contributed by atoms with Crippen LogP contribution in [0.1, 0.15) is 0 Å². The Balaban J connectivity index is 2.65. The summed E-state index contributed by atoms with van der Waals surface area (Å²) < 4.78 is 0. The summed E-state index contributed by atoms with van der Waals surface area (Å²) in [5, 5.41) is 2.80. The fourth-order valence-electron chi connectivity index (χ4n) is 0.830. The van der Waals surface area contributed by atoms with E-state index in [1.807, 2.05) is 18.2 Å². The second-order valence-corrected chi connectivity index (χ2v) is 2.80. The molecule has 0 heterocycles. The number of carbonyl (C=O) groups is 2. The third kappa shape index (κ3) is 2.63. The number of carbonyl (C=O) groups excluding carboxylic acids is 2. The first-order valence-electron chi connectivity index (χ1n) is 3.83. The van der Waals surface area contributed by atoms with Gasteiger partial charge in [-0.25, -0.2) is 4.90 Å². The van der Waals surface area contributed by atoms with Crippen LogP contribution in [0, 0.1) is 0 Å². The number of anilines is 1. The Kier molecular flexibility index (Phi) is 3.75. The lowest BCUT2D eigenvalue weighted by Crippen LogP contribution is -2.32. The quantitative estimate of drug-likeness (QED) is 0.594. The second-order valence-electron chi connectivity index (χ2n) is 2.41. The number of imide groups is 1. The van der Waals surface area contributed by atoms with E-state index in [-0.39, 0.29) is 5.11 Å². The lowest BCUT2D eigenvalue weighted by Gasteiger charge is -2.11. The van der Waals surface area contributed by atoms with Gasteiger partial charge in [-0.2, -0.15) is 0 Å². The summed E-state index contributed by atoms with van der Waals surface area (Å²) in [5.41, 5.74) is 0.728. The lowest BCUT2D eigenvalue weighted by molar-refractivity contribution is -0.124. The molecular weight excluding hydrogens is 200 g/mol. The van der Waals surface area contributed by atoms with E-state index in [0.29, 0.717) is 12.8 Å². The van der Waals surface area contributed by atoms with Crippen LogP contribution in [0.15, 0.2) is 30.3 Å². The zero-order chi connectivity index (χ0) is 10.4.